The first-order chi connectivity index (χ1) is 9.87. The number of ether oxygens (including phenoxy) is 1. The Bertz CT molecular complexity index is 404. The molecule has 2 fully saturated rings. The van der Waals surface area contributed by atoms with Crippen LogP contribution in [0.2, 0.25) is 0 Å². The van der Waals surface area contributed by atoms with E-state index in [4.69, 9.17) is 4.74 Å². The Morgan fingerprint density at radius 1 is 1.19 bits per heavy atom. The summed E-state index contributed by atoms with van der Waals surface area (Å²) in [5.41, 5.74) is -0.692. The number of nitrogens with zero attached hydrogens (tertiary/aromatic N) is 2. The van der Waals surface area contributed by atoms with Gasteiger partial charge in [0.05, 0.1) is 11.5 Å². The number of methoxy groups -OCH3 is 1. The van der Waals surface area contributed by atoms with Gasteiger partial charge in [-0.3, -0.25) is 4.79 Å². The van der Waals surface area contributed by atoms with Crippen molar-refractivity contribution >= 4 is 12.0 Å². The Morgan fingerprint density at radius 2 is 1.81 bits per heavy atom. The Balaban J connectivity index is 1.92. The monoisotopic (exact) mass is 298 g/mol. The third kappa shape index (κ3) is 3.31. The summed E-state index contributed by atoms with van der Waals surface area (Å²) in [6.45, 7) is 6.34. The van der Waals surface area contributed by atoms with Gasteiger partial charge in [-0.05, 0) is 32.1 Å². The first-order valence-corrected chi connectivity index (χ1v) is 7.67. The Hall–Kier alpha value is -1.30. The lowest BCUT2D eigenvalue weighted by atomic mass is 9.80. The molecule has 2 amide bonds. The van der Waals surface area contributed by atoms with Crippen molar-refractivity contribution in [1.29, 1.82) is 0 Å². The van der Waals surface area contributed by atoms with Crippen molar-refractivity contribution in [2.75, 3.05) is 33.3 Å². The van der Waals surface area contributed by atoms with Crippen molar-refractivity contribution in [2.24, 2.45) is 11.3 Å². The summed E-state index contributed by atoms with van der Waals surface area (Å²) < 4.78 is 5.45. The third-order valence-electron chi connectivity index (χ3n) is 5.12. The maximum atomic E-state index is 12.6. The molecule has 2 atom stereocenters. The maximum absolute atomic E-state index is 12.6. The summed E-state index contributed by atoms with van der Waals surface area (Å²) in [6.07, 6.45) is 2.08. The zero-order chi connectivity index (χ0) is 15.6. The minimum Gasteiger partial charge on any atom is -0.481 e. The lowest BCUT2D eigenvalue weighted by molar-refractivity contribution is -0.150. The van der Waals surface area contributed by atoms with E-state index < -0.39 is 11.4 Å². The van der Waals surface area contributed by atoms with Crippen LogP contribution in [0, 0.1) is 11.3 Å². The van der Waals surface area contributed by atoms with E-state index in [1.165, 1.54) is 0 Å². The van der Waals surface area contributed by atoms with Crippen molar-refractivity contribution in [2.45, 2.75) is 39.2 Å². The molecule has 0 bridgehead atoms. The standard InChI is InChI=1S/C15H26N2O4/c1-11-4-7-17(10-12(11)21-3)14(20)16-8-5-15(2,6-9-16)13(18)19/h11-12H,4-10H2,1-3H3,(H,18,19). The quantitative estimate of drug-likeness (QED) is 0.841. The molecule has 120 valence electrons. The predicted octanol–water partition coefficient (Wildman–Crippen LogP) is 1.65. The fraction of sp³-hybridized carbons (Fsp3) is 0.867. The summed E-state index contributed by atoms with van der Waals surface area (Å²) in [4.78, 5) is 27.4. The molecule has 2 aliphatic rings. The summed E-state index contributed by atoms with van der Waals surface area (Å²) in [7, 11) is 1.69. The molecule has 2 heterocycles. The third-order valence-corrected chi connectivity index (χ3v) is 5.12. The number of carboxylic acids is 1. The van der Waals surface area contributed by atoms with Crippen LogP contribution in [0.15, 0.2) is 0 Å². The summed E-state index contributed by atoms with van der Waals surface area (Å²) in [5, 5.41) is 9.24. The molecule has 6 heteroatoms. The number of hydrogen-bond acceptors (Lipinski definition) is 3. The van der Waals surface area contributed by atoms with Crippen LogP contribution in [0.1, 0.15) is 33.1 Å². The first-order valence-electron chi connectivity index (χ1n) is 7.67. The van der Waals surface area contributed by atoms with E-state index in [0.29, 0.717) is 38.4 Å². The maximum Gasteiger partial charge on any atom is 0.320 e. The molecule has 2 aliphatic heterocycles. The van der Waals surface area contributed by atoms with Crippen LogP contribution in [0.25, 0.3) is 0 Å². The van der Waals surface area contributed by atoms with E-state index >= 15 is 0 Å². The number of carbonyl (C=O) groups excluding carboxylic acids is 1. The number of hydrogen-bond donors (Lipinski definition) is 1. The zero-order valence-corrected chi connectivity index (χ0v) is 13.2. The van der Waals surface area contributed by atoms with E-state index in [2.05, 4.69) is 6.92 Å². The van der Waals surface area contributed by atoms with Crippen LogP contribution in [-0.4, -0.2) is 66.3 Å². The van der Waals surface area contributed by atoms with Crippen LogP contribution in [0.4, 0.5) is 4.79 Å². The zero-order valence-electron chi connectivity index (χ0n) is 13.2. The average Bonchev–Trinajstić information content (AvgIpc) is 2.47. The molecule has 6 nitrogen and oxygen atoms in total. The van der Waals surface area contributed by atoms with E-state index in [1.54, 1.807) is 18.9 Å². The lowest BCUT2D eigenvalue weighted by Crippen LogP contribution is -2.54. The van der Waals surface area contributed by atoms with Crippen molar-refractivity contribution in [3.63, 3.8) is 0 Å². The van der Waals surface area contributed by atoms with Gasteiger partial charge in [-0.2, -0.15) is 0 Å². The van der Waals surface area contributed by atoms with Gasteiger partial charge in [-0.15, -0.1) is 0 Å². The number of likely N-dealkylation sites (tertiary alicyclic amines) is 2. The summed E-state index contributed by atoms with van der Waals surface area (Å²) >= 11 is 0. The van der Waals surface area contributed by atoms with Crippen molar-refractivity contribution < 1.29 is 19.4 Å². The fourth-order valence-electron chi connectivity index (χ4n) is 3.12. The molecular formula is C15H26N2O4. The molecule has 0 aliphatic carbocycles. The van der Waals surface area contributed by atoms with Gasteiger partial charge in [0.25, 0.3) is 0 Å². The van der Waals surface area contributed by atoms with Crippen molar-refractivity contribution in [3.05, 3.63) is 0 Å². The fourth-order valence-corrected chi connectivity index (χ4v) is 3.12. The average molecular weight is 298 g/mol. The molecule has 21 heavy (non-hydrogen) atoms. The minimum absolute atomic E-state index is 0.0244. The summed E-state index contributed by atoms with van der Waals surface area (Å²) in [5.74, 6) is -0.295. The molecule has 1 N–H and O–H groups in total. The van der Waals surface area contributed by atoms with Crippen LogP contribution in [-0.2, 0) is 9.53 Å². The Kier molecular flexibility index (Phi) is 4.76. The van der Waals surface area contributed by atoms with E-state index in [-0.39, 0.29) is 12.1 Å². The number of amides is 2. The van der Waals surface area contributed by atoms with E-state index in [0.717, 1.165) is 13.0 Å². The number of aliphatic carboxylic acids is 1. The van der Waals surface area contributed by atoms with E-state index in [1.807, 2.05) is 4.90 Å². The smallest absolute Gasteiger partial charge is 0.320 e. The highest BCUT2D eigenvalue weighted by atomic mass is 16.5. The molecule has 0 saturated carbocycles. The van der Waals surface area contributed by atoms with Crippen molar-refractivity contribution in [3.8, 4) is 0 Å². The van der Waals surface area contributed by atoms with Crippen molar-refractivity contribution in [1.82, 2.24) is 9.80 Å². The molecule has 0 spiro atoms. The first kappa shape index (κ1) is 16.1. The Morgan fingerprint density at radius 3 is 2.33 bits per heavy atom. The Labute approximate surface area is 126 Å². The van der Waals surface area contributed by atoms with Gasteiger partial charge in [0.1, 0.15) is 0 Å². The van der Waals surface area contributed by atoms with Gasteiger partial charge >= 0.3 is 12.0 Å². The second kappa shape index (κ2) is 6.22. The minimum atomic E-state index is -0.763. The SMILES string of the molecule is COC1CN(C(=O)N2CCC(C)(C(=O)O)CC2)CCC1C. The molecular weight excluding hydrogens is 272 g/mol. The normalized spacial score (nSPS) is 29.3. The molecule has 0 aromatic rings. The van der Waals surface area contributed by atoms with Gasteiger partial charge in [0.2, 0.25) is 0 Å². The van der Waals surface area contributed by atoms with Crippen LogP contribution in [0.5, 0.6) is 0 Å². The number of piperidine rings is 2. The second-order valence-corrected chi connectivity index (χ2v) is 6.62. The largest absolute Gasteiger partial charge is 0.481 e. The molecule has 0 radical (unpaired) electrons. The van der Waals surface area contributed by atoms with Gasteiger partial charge in [-0.25, -0.2) is 4.79 Å². The molecule has 0 aromatic carbocycles. The number of carboxylic acid groups (broad SMARTS) is 1. The van der Waals surface area contributed by atoms with Crippen LogP contribution >= 0.6 is 0 Å². The highest BCUT2D eigenvalue weighted by Crippen LogP contribution is 2.32. The second-order valence-electron chi connectivity index (χ2n) is 6.62. The van der Waals surface area contributed by atoms with Crippen LogP contribution < -0.4 is 0 Å². The number of rotatable bonds is 2. The van der Waals surface area contributed by atoms with Gasteiger partial charge < -0.3 is 19.6 Å². The predicted molar refractivity (Wildman–Crippen MR) is 78.1 cm³/mol. The van der Waals surface area contributed by atoms with Gasteiger partial charge in [0.15, 0.2) is 0 Å². The van der Waals surface area contributed by atoms with Gasteiger partial charge in [-0.1, -0.05) is 6.92 Å². The molecule has 2 rings (SSSR count). The molecule has 2 saturated heterocycles. The van der Waals surface area contributed by atoms with Gasteiger partial charge in [0, 0.05) is 33.3 Å². The van der Waals surface area contributed by atoms with E-state index in [9.17, 15) is 14.7 Å². The molecule has 2 unspecified atom stereocenters. The topological polar surface area (TPSA) is 70.1 Å². The highest BCUT2D eigenvalue weighted by Gasteiger charge is 2.39. The molecule has 0 aromatic heterocycles. The highest BCUT2D eigenvalue weighted by molar-refractivity contribution is 5.77. The lowest BCUT2D eigenvalue weighted by Gasteiger charge is -2.42. The number of urea groups is 1. The number of carbonyl (C=O) groups is 2. The van der Waals surface area contributed by atoms with Crippen LogP contribution in [0.3, 0.4) is 0 Å². The summed E-state index contributed by atoms with van der Waals surface area (Å²) in [6, 6.07) is 0.0244.